The summed E-state index contributed by atoms with van der Waals surface area (Å²) in [6.45, 7) is 4.87. The minimum atomic E-state index is 0.268. The van der Waals surface area contributed by atoms with Gasteiger partial charge in [-0.25, -0.2) is 0 Å². The van der Waals surface area contributed by atoms with E-state index in [2.05, 4.69) is 10.5 Å². The fraction of sp³-hybridized carbons (Fsp3) is 0.312. The molecule has 4 heteroatoms. The van der Waals surface area contributed by atoms with Crippen LogP contribution in [0.1, 0.15) is 13.8 Å². The summed E-state index contributed by atoms with van der Waals surface area (Å²) in [6, 6.07) is 14.3. The molecule has 0 aromatic heterocycles. The minimum Gasteiger partial charge on any atom is -0.487 e. The van der Waals surface area contributed by atoms with Crippen molar-refractivity contribution in [1.82, 2.24) is 5.32 Å². The van der Waals surface area contributed by atoms with Crippen molar-refractivity contribution in [3.63, 3.8) is 0 Å². The van der Waals surface area contributed by atoms with E-state index < -0.39 is 0 Å². The van der Waals surface area contributed by atoms with E-state index in [9.17, 15) is 0 Å². The van der Waals surface area contributed by atoms with Crippen LogP contribution in [-0.2, 0) is 0 Å². The third-order valence-electron chi connectivity index (χ3n) is 3.00. The summed E-state index contributed by atoms with van der Waals surface area (Å²) >= 11 is 0. The summed E-state index contributed by atoms with van der Waals surface area (Å²) in [5.74, 6) is 0.800. The SMILES string of the molecule is CC(C)NC/C(COc1cccc2ccccc12)=N\O. The molecular formula is C16H20N2O2. The van der Waals surface area contributed by atoms with Gasteiger partial charge in [0.05, 0.1) is 0 Å². The molecule has 0 fully saturated rings. The summed E-state index contributed by atoms with van der Waals surface area (Å²) in [5, 5.41) is 17.7. The molecular weight excluding hydrogens is 252 g/mol. The van der Waals surface area contributed by atoms with Gasteiger partial charge in [-0.1, -0.05) is 55.4 Å². The van der Waals surface area contributed by atoms with Crippen LogP contribution in [0.25, 0.3) is 10.8 Å². The van der Waals surface area contributed by atoms with E-state index in [1.165, 1.54) is 0 Å². The number of hydrogen-bond acceptors (Lipinski definition) is 4. The molecule has 0 aliphatic rings. The molecule has 2 aromatic rings. The highest BCUT2D eigenvalue weighted by Gasteiger charge is 2.05. The molecule has 20 heavy (non-hydrogen) atoms. The van der Waals surface area contributed by atoms with Crippen molar-refractivity contribution in [1.29, 1.82) is 0 Å². The highest BCUT2D eigenvalue weighted by Crippen LogP contribution is 2.24. The van der Waals surface area contributed by atoms with Crippen molar-refractivity contribution < 1.29 is 9.94 Å². The van der Waals surface area contributed by atoms with Crippen LogP contribution in [0.15, 0.2) is 47.6 Å². The number of nitrogens with zero attached hydrogens (tertiary/aromatic N) is 1. The Labute approximate surface area is 119 Å². The lowest BCUT2D eigenvalue weighted by atomic mass is 10.1. The fourth-order valence-corrected chi connectivity index (χ4v) is 1.92. The van der Waals surface area contributed by atoms with Gasteiger partial charge in [0.1, 0.15) is 18.1 Å². The number of benzene rings is 2. The second kappa shape index (κ2) is 6.91. The normalized spacial score (nSPS) is 12.1. The van der Waals surface area contributed by atoms with Crippen LogP contribution < -0.4 is 10.1 Å². The molecule has 0 aliphatic carbocycles. The van der Waals surface area contributed by atoms with Crippen LogP contribution in [0.4, 0.5) is 0 Å². The van der Waals surface area contributed by atoms with Crippen LogP contribution in [0.3, 0.4) is 0 Å². The molecule has 106 valence electrons. The zero-order valence-electron chi connectivity index (χ0n) is 11.8. The topological polar surface area (TPSA) is 53.8 Å². The van der Waals surface area contributed by atoms with Crippen molar-refractivity contribution in [3.8, 4) is 5.75 Å². The van der Waals surface area contributed by atoms with E-state index in [4.69, 9.17) is 9.94 Å². The van der Waals surface area contributed by atoms with Gasteiger partial charge in [0, 0.05) is 18.0 Å². The monoisotopic (exact) mass is 272 g/mol. The molecule has 0 aliphatic heterocycles. The molecule has 4 nitrogen and oxygen atoms in total. The molecule has 0 spiro atoms. The Hall–Kier alpha value is -2.07. The van der Waals surface area contributed by atoms with E-state index in [0.717, 1.165) is 16.5 Å². The van der Waals surface area contributed by atoms with Gasteiger partial charge in [-0.05, 0) is 11.5 Å². The van der Waals surface area contributed by atoms with E-state index >= 15 is 0 Å². The van der Waals surface area contributed by atoms with Crippen LogP contribution in [0.2, 0.25) is 0 Å². The maximum atomic E-state index is 9.00. The van der Waals surface area contributed by atoms with E-state index in [1.54, 1.807) is 0 Å². The molecule has 2 rings (SSSR count). The average Bonchev–Trinajstić information content (AvgIpc) is 2.47. The first-order chi connectivity index (χ1) is 9.70. The lowest BCUT2D eigenvalue weighted by Crippen LogP contribution is -2.32. The van der Waals surface area contributed by atoms with Crippen LogP contribution in [0, 0.1) is 0 Å². The van der Waals surface area contributed by atoms with E-state index in [-0.39, 0.29) is 6.61 Å². The third kappa shape index (κ3) is 3.71. The van der Waals surface area contributed by atoms with Crippen molar-refractivity contribution in [2.24, 2.45) is 5.16 Å². The molecule has 0 amide bonds. The first-order valence-corrected chi connectivity index (χ1v) is 6.74. The minimum absolute atomic E-state index is 0.268. The number of rotatable bonds is 6. The van der Waals surface area contributed by atoms with Gasteiger partial charge < -0.3 is 15.3 Å². The zero-order valence-corrected chi connectivity index (χ0v) is 11.8. The van der Waals surface area contributed by atoms with Crippen molar-refractivity contribution >= 4 is 16.5 Å². The molecule has 2 aromatic carbocycles. The highest BCUT2D eigenvalue weighted by atomic mass is 16.5. The molecule has 0 unspecified atom stereocenters. The lowest BCUT2D eigenvalue weighted by Gasteiger charge is -2.12. The molecule has 2 N–H and O–H groups in total. The molecule has 0 atom stereocenters. The predicted octanol–water partition coefficient (Wildman–Crippen LogP) is 3.05. The Morgan fingerprint density at radius 2 is 1.95 bits per heavy atom. The number of oxime groups is 1. The van der Waals surface area contributed by atoms with Gasteiger partial charge in [-0.2, -0.15) is 0 Å². The summed E-state index contributed by atoms with van der Waals surface area (Å²) in [6.07, 6.45) is 0. The van der Waals surface area contributed by atoms with Crippen molar-refractivity contribution in [2.75, 3.05) is 13.2 Å². The first kappa shape index (κ1) is 14.3. The Morgan fingerprint density at radius 3 is 2.70 bits per heavy atom. The predicted molar refractivity (Wildman–Crippen MR) is 81.8 cm³/mol. The Kier molecular flexibility index (Phi) is 4.96. The van der Waals surface area contributed by atoms with Gasteiger partial charge in [-0.15, -0.1) is 0 Å². The molecule has 0 heterocycles. The number of ether oxygens (including phenoxy) is 1. The average molecular weight is 272 g/mol. The summed E-state index contributed by atoms with van der Waals surface area (Å²) < 4.78 is 5.77. The summed E-state index contributed by atoms with van der Waals surface area (Å²) in [7, 11) is 0. The standard InChI is InChI=1S/C16H20N2O2/c1-12(2)17-10-14(18-19)11-20-16-9-5-7-13-6-3-4-8-15(13)16/h3-9,12,17,19H,10-11H2,1-2H3/b18-14+. The van der Waals surface area contributed by atoms with E-state index in [1.807, 2.05) is 56.3 Å². The molecule has 0 saturated carbocycles. The van der Waals surface area contributed by atoms with Crippen molar-refractivity contribution in [2.45, 2.75) is 19.9 Å². The van der Waals surface area contributed by atoms with Gasteiger partial charge in [0.15, 0.2) is 0 Å². The molecule has 0 bridgehead atoms. The van der Waals surface area contributed by atoms with Crippen molar-refractivity contribution in [3.05, 3.63) is 42.5 Å². The highest BCUT2D eigenvalue weighted by molar-refractivity contribution is 5.90. The smallest absolute Gasteiger partial charge is 0.131 e. The lowest BCUT2D eigenvalue weighted by molar-refractivity contribution is 0.305. The van der Waals surface area contributed by atoms with E-state index in [0.29, 0.717) is 18.3 Å². The molecule has 0 saturated heterocycles. The quantitative estimate of drug-likeness (QED) is 0.483. The van der Waals surface area contributed by atoms with Gasteiger partial charge in [-0.3, -0.25) is 0 Å². The van der Waals surface area contributed by atoms with Crippen LogP contribution >= 0.6 is 0 Å². The van der Waals surface area contributed by atoms with Crippen LogP contribution in [0.5, 0.6) is 5.75 Å². The zero-order chi connectivity index (χ0) is 14.4. The van der Waals surface area contributed by atoms with Gasteiger partial charge in [0.25, 0.3) is 0 Å². The second-order valence-corrected chi connectivity index (χ2v) is 4.97. The third-order valence-corrected chi connectivity index (χ3v) is 3.00. The number of fused-ring (bicyclic) bond motifs is 1. The fourth-order valence-electron chi connectivity index (χ4n) is 1.92. The summed E-state index contributed by atoms with van der Waals surface area (Å²) in [5.41, 5.74) is 0.576. The summed E-state index contributed by atoms with van der Waals surface area (Å²) in [4.78, 5) is 0. The number of nitrogens with one attached hydrogen (secondary N) is 1. The Bertz CT molecular complexity index is 589. The largest absolute Gasteiger partial charge is 0.487 e. The maximum absolute atomic E-state index is 9.00. The molecule has 0 radical (unpaired) electrons. The Morgan fingerprint density at radius 1 is 1.20 bits per heavy atom. The first-order valence-electron chi connectivity index (χ1n) is 6.74. The number of hydrogen-bond donors (Lipinski definition) is 2. The maximum Gasteiger partial charge on any atom is 0.131 e. The van der Waals surface area contributed by atoms with Crippen LogP contribution in [-0.4, -0.2) is 30.1 Å². The second-order valence-electron chi connectivity index (χ2n) is 4.97. The Balaban J connectivity index is 2.05. The van der Waals surface area contributed by atoms with Gasteiger partial charge >= 0.3 is 0 Å². The van der Waals surface area contributed by atoms with Gasteiger partial charge in [0.2, 0.25) is 0 Å².